The van der Waals surface area contributed by atoms with Crippen molar-refractivity contribution in [1.29, 1.82) is 0 Å². The number of nitrogens with one attached hydrogen (secondary N) is 1. The molecular weight excluding hydrogens is 234 g/mol. The van der Waals surface area contributed by atoms with Crippen LogP contribution in [0.2, 0.25) is 5.02 Å². The topological polar surface area (TPSA) is 29.9 Å². The summed E-state index contributed by atoms with van der Waals surface area (Å²) in [5.41, 5.74) is 2.17. The van der Waals surface area contributed by atoms with E-state index in [1.54, 1.807) is 6.20 Å². The molecule has 1 heterocycles. The van der Waals surface area contributed by atoms with Crippen LogP contribution in [0.4, 0.5) is 0 Å². The Kier molecular flexibility index (Phi) is 2.87. The predicted molar refractivity (Wildman–Crippen MR) is 68.4 cm³/mol. The smallest absolute Gasteiger partial charge is 0.0876 e. The van der Waals surface area contributed by atoms with Crippen molar-refractivity contribution in [2.75, 3.05) is 0 Å². The van der Waals surface area contributed by atoms with Crippen molar-refractivity contribution >= 4 is 11.6 Å². The first kappa shape index (κ1) is 10.8. The van der Waals surface area contributed by atoms with Crippen LogP contribution in [0.5, 0.6) is 0 Å². The molecule has 4 heteroatoms. The van der Waals surface area contributed by atoms with E-state index in [1.165, 1.54) is 18.4 Å². The molecule has 1 saturated carbocycles. The Morgan fingerprint density at radius 2 is 2.24 bits per heavy atom. The zero-order chi connectivity index (χ0) is 11.7. The van der Waals surface area contributed by atoms with E-state index in [2.05, 4.69) is 16.5 Å². The number of benzene rings is 1. The largest absolute Gasteiger partial charge is 0.310 e. The van der Waals surface area contributed by atoms with Gasteiger partial charge >= 0.3 is 0 Å². The van der Waals surface area contributed by atoms with E-state index in [0.717, 1.165) is 17.3 Å². The van der Waals surface area contributed by atoms with Crippen LogP contribution in [-0.2, 0) is 6.54 Å². The Morgan fingerprint density at radius 1 is 1.35 bits per heavy atom. The highest BCUT2D eigenvalue weighted by molar-refractivity contribution is 6.32. The summed E-state index contributed by atoms with van der Waals surface area (Å²) < 4.78 is 1.83. The van der Waals surface area contributed by atoms with Gasteiger partial charge in [0.15, 0.2) is 0 Å². The van der Waals surface area contributed by atoms with Crippen molar-refractivity contribution in [2.24, 2.45) is 0 Å². The number of aromatic nitrogens is 2. The lowest BCUT2D eigenvalue weighted by Gasteiger charge is -2.12. The van der Waals surface area contributed by atoms with E-state index in [1.807, 2.05) is 29.1 Å². The summed E-state index contributed by atoms with van der Waals surface area (Å²) in [6.45, 7) is 0.848. The molecule has 0 aliphatic heterocycles. The van der Waals surface area contributed by atoms with E-state index in [4.69, 9.17) is 11.6 Å². The average molecular weight is 248 g/mol. The van der Waals surface area contributed by atoms with Gasteiger partial charge in [-0.2, -0.15) is 5.10 Å². The van der Waals surface area contributed by atoms with Crippen molar-refractivity contribution in [3.63, 3.8) is 0 Å². The maximum atomic E-state index is 6.26. The zero-order valence-electron chi connectivity index (χ0n) is 9.44. The molecular formula is C13H14ClN3. The molecule has 0 saturated heterocycles. The fourth-order valence-electron chi connectivity index (χ4n) is 1.90. The summed E-state index contributed by atoms with van der Waals surface area (Å²) in [5.74, 6) is 0. The molecule has 1 aliphatic carbocycles. The number of rotatable bonds is 4. The maximum absolute atomic E-state index is 6.26. The molecule has 0 spiro atoms. The van der Waals surface area contributed by atoms with Crippen molar-refractivity contribution in [1.82, 2.24) is 15.1 Å². The van der Waals surface area contributed by atoms with Crippen LogP contribution >= 0.6 is 11.6 Å². The van der Waals surface area contributed by atoms with Gasteiger partial charge in [0.25, 0.3) is 0 Å². The van der Waals surface area contributed by atoms with Crippen LogP contribution in [0, 0.1) is 0 Å². The molecule has 1 aliphatic rings. The Morgan fingerprint density at radius 3 is 2.94 bits per heavy atom. The Balaban J connectivity index is 1.92. The lowest BCUT2D eigenvalue weighted by Crippen LogP contribution is -2.17. The molecule has 1 fully saturated rings. The van der Waals surface area contributed by atoms with Gasteiger partial charge in [-0.3, -0.25) is 0 Å². The third-order valence-electron chi connectivity index (χ3n) is 2.96. The van der Waals surface area contributed by atoms with Crippen molar-refractivity contribution in [2.45, 2.75) is 25.4 Å². The van der Waals surface area contributed by atoms with E-state index < -0.39 is 0 Å². The molecule has 2 aromatic rings. The summed E-state index contributed by atoms with van der Waals surface area (Å²) in [6.07, 6.45) is 6.26. The highest BCUT2D eigenvalue weighted by Gasteiger charge is 2.21. The van der Waals surface area contributed by atoms with E-state index in [9.17, 15) is 0 Å². The van der Waals surface area contributed by atoms with Crippen LogP contribution in [0.1, 0.15) is 18.4 Å². The summed E-state index contributed by atoms with van der Waals surface area (Å²) in [4.78, 5) is 0. The fourth-order valence-corrected chi connectivity index (χ4v) is 2.18. The molecule has 0 amide bonds. The monoisotopic (exact) mass is 247 g/mol. The molecule has 0 unspecified atom stereocenters. The number of hydrogen-bond acceptors (Lipinski definition) is 2. The standard InChI is InChI=1S/C13H14ClN3/c14-12-4-1-3-10(9-15-11-5-6-11)13(12)17-8-2-7-16-17/h1-4,7-8,11,15H,5-6,9H2. The van der Waals surface area contributed by atoms with Crippen LogP contribution < -0.4 is 5.32 Å². The van der Waals surface area contributed by atoms with Crippen molar-refractivity contribution < 1.29 is 0 Å². The number of para-hydroxylation sites is 1. The van der Waals surface area contributed by atoms with Gasteiger partial charge in [0.05, 0.1) is 10.7 Å². The van der Waals surface area contributed by atoms with Gasteiger partial charge in [0.1, 0.15) is 0 Å². The Labute approximate surface area is 105 Å². The highest BCUT2D eigenvalue weighted by atomic mass is 35.5. The first-order valence-corrected chi connectivity index (χ1v) is 6.23. The van der Waals surface area contributed by atoms with Gasteiger partial charge in [-0.1, -0.05) is 23.7 Å². The maximum Gasteiger partial charge on any atom is 0.0876 e. The van der Waals surface area contributed by atoms with Gasteiger partial charge in [-0.05, 0) is 30.5 Å². The van der Waals surface area contributed by atoms with E-state index in [-0.39, 0.29) is 0 Å². The lowest BCUT2D eigenvalue weighted by atomic mass is 10.1. The first-order valence-electron chi connectivity index (χ1n) is 5.85. The second-order valence-corrected chi connectivity index (χ2v) is 4.76. The van der Waals surface area contributed by atoms with Gasteiger partial charge in [0, 0.05) is 25.0 Å². The summed E-state index contributed by atoms with van der Waals surface area (Å²) in [5, 5.41) is 8.50. The third kappa shape index (κ3) is 2.35. The normalized spacial score (nSPS) is 15.1. The van der Waals surface area contributed by atoms with Crippen molar-refractivity contribution in [3.05, 3.63) is 47.2 Å². The number of hydrogen-bond donors (Lipinski definition) is 1. The second-order valence-electron chi connectivity index (χ2n) is 4.35. The Bertz CT molecular complexity index is 503. The van der Waals surface area contributed by atoms with Crippen LogP contribution in [0.25, 0.3) is 5.69 Å². The predicted octanol–water partition coefficient (Wildman–Crippen LogP) is 2.78. The summed E-state index contributed by atoms with van der Waals surface area (Å²) in [7, 11) is 0. The average Bonchev–Trinajstić information content (AvgIpc) is 3.01. The van der Waals surface area contributed by atoms with E-state index >= 15 is 0 Å². The first-order chi connectivity index (χ1) is 8.34. The fraction of sp³-hybridized carbons (Fsp3) is 0.308. The molecule has 1 N–H and O–H groups in total. The van der Waals surface area contributed by atoms with Gasteiger partial charge in [-0.25, -0.2) is 4.68 Å². The summed E-state index contributed by atoms with van der Waals surface area (Å²) >= 11 is 6.26. The molecule has 1 aromatic carbocycles. The molecule has 3 nitrogen and oxygen atoms in total. The Hall–Kier alpha value is -1.32. The minimum absolute atomic E-state index is 0.694. The molecule has 0 bridgehead atoms. The zero-order valence-corrected chi connectivity index (χ0v) is 10.2. The number of halogens is 1. The van der Waals surface area contributed by atoms with Gasteiger partial charge in [0.2, 0.25) is 0 Å². The van der Waals surface area contributed by atoms with Gasteiger partial charge in [-0.15, -0.1) is 0 Å². The molecule has 1 aromatic heterocycles. The molecule has 0 radical (unpaired) electrons. The quantitative estimate of drug-likeness (QED) is 0.901. The molecule has 17 heavy (non-hydrogen) atoms. The molecule has 88 valence electrons. The third-order valence-corrected chi connectivity index (χ3v) is 3.27. The van der Waals surface area contributed by atoms with Crippen molar-refractivity contribution in [3.8, 4) is 5.69 Å². The van der Waals surface area contributed by atoms with E-state index in [0.29, 0.717) is 6.04 Å². The minimum Gasteiger partial charge on any atom is -0.310 e. The van der Waals surface area contributed by atoms with Crippen LogP contribution in [0.15, 0.2) is 36.7 Å². The number of nitrogens with zero attached hydrogens (tertiary/aromatic N) is 2. The van der Waals surface area contributed by atoms with Crippen LogP contribution in [0.3, 0.4) is 0 Å². The highest BCUT2D eigenvalue weighted by Crippen LogP contribution is 2.25. The molecule has 3 rings (SSSR count). The second kappa shape index (κ2) is 4.51. The lowest BCUT2D eigenvalue weighted by molar-refractivity contribution is 0.681. The van der Waals surface area contributed by atoms with Crippen LogP contribution in [-0.4, -0.2) is 15.8 Å². The minimum atomic E-state index is 0.694. The SMILES string of the molecule is Clc1cccc(CNC2CC2)c1-n1cccn1. The summed E-state index contributed by atoms with van der Waals surface area (Å²) in [6, 6.07) is 8.58. The molecule has 0 atom stereocenters. The van der Waals surface area contributed by atoms with Gasteiger partial charge < -0.3 is 5.32 Å².